The van der Waals surface area contributed by atoms with E-state index in [2.05, 4.69) is 13.2 Å². The number of aliphatic carboxylic acids is 2. The molecule has 8 heteroatoms. The van der Waals surface area contributed by atoms with Crippen LogP contribution in [0.2, 0.25) is 0 Å². The Morgan fingerprint density at radius 1 is 0.812 bits per heavy atom. The molecule has 0 aromatic heterocycles. The van der Waals surface area contributed by atoms with Crippen molar-refractivity contribution >= 4 is 11.9 Å². The van der Waals surface area contributed by atoms with Crippen LogP contribution in [0.15, 0.2) is 25.3 Å². The maximum Gasteiger partial charge on any atom is 0.327 e. The average molecular weight is 240 g/mol. The number of rotatable bonds is 2. The van der Waals surface area contributed by atoms with E-state index in [-0.39, 0.29) is 0 Å². The smallest absolute Gasteiger partial charge is 0.327 e. The largest absolute Gasteiger partial charge is 0.478 e. The van der Waals surface area contributed by atoms with Crippen LogP contribution in [0.5, 0.6) is 0 Å². The average Bonchev–Trinajstić information content (AvgIpc) is 2.21. The van der Waals surface area contributed by atoms with Crippen LogP contribution >= 0.6 is 0 Å². The van der Waals surface area contributed by atoms with Crippen molar-refractivity contribution in [3.8, 4) is 0 Å². The van der Waals surface area contributed by atoms with Gasteiger partial charge in [-0.1, -0.05) is 13.2 Å². The number of aliphatic hydroxyl groups excluding tert-OH is 2. The molecule has 6 N–H and O–H groups in total. The highest BCUT2D eigenvalue weighted by Crippen LogP contribution is 1.55. The highest BCUT2D eigenvalue weighted by atomic mass is 16.5. The molecular weight excluding hydrogens is 224 g/mol. The van der Waals surface area contributed by atoms with Gasteiger partial charge in [0, 0.05) is 12.2 Å². The van der Waals surface area contributed by atoms with E-state index in [9.17, 15) is 9.59 Å². The molecular formula is C8H16O8. The molecule has 0 fully saturated rings. The van der Waals surface area contributed by atoms with Gasteiger partial charge in [-0.05, 0) is 0 Å². The lowest BCUT2D eigenvalue weighted by atomic mass is 10.7. The summed E-state index contributed by atoms with van der Waals surface area (Å²) in [7, 11) is 0. The van der Waals surface area contributed by atoms with E-state index in [1.165, 1.54) is 0 Å². The Hall–Kier alpha value is -1.74. The molecule has 0 aromatic carbocycles. The monoisotopic (exact) mass is 240 g/mol. The molecule has 0 bridgehead atoms. The summed E-state index contributed by atoms with van der Waals surface area (Å²) in [4.78, 5) is 18.5. The zero-order valence-corrected chi connectivity index (χ0v) is 8.48. The van der Waals surface area contributed by atoms with Crippen LogP contribution in [-0.2, 0) is 9.59 Å². The molecule has 0 aromatic rings. The maximum absolute atomic E-state index is 9.25. The van der Waals surface area contributed by atoms with Gasteiger partial charge in [-0.15, -0.1) is 0 Å². The Bertz CT molecular complexity index is 157. The van der Waals surface area contributed by atoms with Crippen LogP contribution in [0.3, 0.4) is 0 Å². The van der Waals surface area contributed by atoms with Gasteiger partial charge in [-0.25, -0.2) is 9.59 Å². The predicted molar refractivity (Wildman–Crippen MR) is 54.3 cm³/mol. The highest BCUT2D eigenvalue weighted by Gasteiger charge is 1.73. The lowest BCUT2D eigenvalue weighted by Crippen LogP contribution is -1.82. The fourth-order valence-electron chi connectivity index (χ4n) is 0. The number of carbonyl (C=O) groups is 2. The lowest BCUT2D eigenvalue weighted by molar-refractivity contribution is -0.132. The summed E-state index contributed by atoms with van der Waals surface area (Å²) in [5, 5.41) is 43.7. The number of carboxylic acid groups (broad SMARTS) is 2. The van der Waals surface area contributed by atoms with Crippen molar-refractivity contribution in [3.63, 3.8) is 0 Å². The number of hydrogen-bond donors (Lipinski definition) is 6. The molecule has 8 nitrogen and oxygen atoms in total. The second-order valence-electron chi connectivity index (χ2n) is 1.37. The zero-order valence-electron chi connectivity index (χ0n) is 8.48. The molecule has 0 aliphatic rings. The molecule has 0 saturated carbocycles. The Balaban J connectivity index is -0.0000000621. The quantitative estimate of drug-likeness (QED) is 0.248. The summed E-state index contributed by atoms with van der Waals surface area (Å²) in [5.41, 5.74) is 0. The predicted octanol–water partition coefficient (Wildman–Crippen LogP) is -1.63. The third-order valence-corrected chi connectivity index (χ3v) is 0.349. The van der Waals surface area contributed by atoms with Crippen molar-refractivity contribution in [1.29, 1.82) is 0 Å². The second kappa shape index (κ2) is 29.2. The standard InChI is InChI=1S/2C3H4O2.2CH4O2/c2*1-2-3(4)5;2*2-1-3/h2*2H,1H2,(H,4,5);2*2-3H,1H2. The molecule has 0 amide bonds. The summed E-state index contributed by atoms with van der Waals surface area (Å²) in [6.07, 6.45) is 1.67. The number of hydrogen-bond acceptors (Lipinski definition) is 6. The van der Waals surface area contributed by atoms with Gasteiger partial charge >= 0.3 is 11.9 Å². The topological polar surface area (TPSA) is 156 Å². The van der Waals surface area contributed by atoms with E-state index in [4.69, 9.17) is 30.6 Å². The molecule has 0 radical (unpaired) electrons. The number of carboxylic acids is 2. The van der Waals surface area contributed by atoms with Gasteiger partial charge in [0.1, 0.15) is 13.6 Å². The van der Waals surface area contributed by atoms with E-state index >= 15 is 0 Å². The SMILES string of the molecule is C=CC(=O)O.C=CC(=O)O.OCO.OCO. The molecule has 0 saturated heterocycles. The summed E-state index contributed by atoms with van der Waals surface area (Å²) in [5.74, 6) is -1.96. The zero-order chi connectivity index (χ0) is 14.0. The summed E-state index contributed by atoms with van der Waals surface area (Å²) in [6.45, 7) is 4.42. The molecule has 96 valence electrons. The van der Waals surface area contributed by atoms with Gasteiger partial charge in [0.2, 0.25) is 0 Å². The first-order valence-electron chi connectivity index (χ1n) is 3.51. The van der Waals surface area contributed by atoms with Gasteiger partial charge in [0.25, 0.3) is 0 Å². The minimum Gasteiger partial charge on any atom is -0.478 e. The van der Waals surface area contributed by atoms with Crippen molar-refractivity contribution in [2.24, 2.45) is 0 Å². The molecule has 0 atom stereocenters. The van der Waals surface area contributed by atoms with E-state index < -0.39 is 25.5 Å². The molecule has 0 unspecified atom stereocenters. The van der Waals surface area contributed by atoms with E-state index in [0.717, 1.165) is 12.2 Å². The van der Waals surface area contributed by atoms with Crippen molar-refractivity contribution < 1.29 is 40.2 Å². The van der Waals surface area contributed by atoms with Gasteiger partial charge in [-0.3, -0.25) is 0 Å². The van der Waals surface area contributed by atoms with Gasteiger partial charge < -0.3 is 30.6 Å². The van der Waals surface area contributed by atoms with E-state index in [0.29, 0.717) is 0 Å². The van der Waals surface area contributed by atoms with Gasteiger partial charge in [0.15, 0.2) is 0 Å². The second-order valence-corrected chi connectivity index (χ2v) is 1.37. The Morgan fingerprint density at radius 3 is 0.875 bits per heavy atom. The lowest BCUT2D eigenvalue weighted by Gasteiger charge is -1.64. The summed E-state index contributed by atoms with van der Waals surface area (Å²) in [6, 6.07) is 0. The van der Waals surface area contributed by atoms with E-state index in [1.54, 1.807) is 0 Å². The molecule has 0 spiro atoms. The minimum atomic E-state index is -0.981. The Labute approximate surface area is 92.0 Å². The summed E-state index contributed by atoms with van der Waals surface area (Å²) >= 11 is 0. The van der Waals surface area contributed by atoms with Crippen LogP contribution in [0.25, 0.3) is 0 Å². The number of aliphatic hydroxyl groups is 4. The van der Waals surface area contributed by atoms with Crippen molar-refractivity contribution in [2.45, 2.75) is 0 Å². The van der Waals surface area contributed by atoms with Crippen LogP contribution in [0.4, 0.5) is 0 Å². The minimum absolute atomic E-state index is 0.750. The van der Waals surface area contributed by atoms with Crippen molar-refractivity contribution in [2.75, 3.05) is 13.6 Å². The fourth-order valence-corrected chi connectivity index (χ4v) is 0. The Morgan fingerprint density at radius 2 is 0.875 bits per heavy atom. The van der Waals surface area contributed by atoms with Crippen LogP contribution in [-0.4, -0.2) is 56.2 Å². The first-order chi connectivity index (χ1) is 7.37. The van der Waals surface area contributed by atoms with Crippen molar-refractivity contribution in [3.05, 3.63) is 25.3 Å². The molecule has 0 heterocycles. The van der Waals surface area contributed by atoms with Crippen LogP contribution in [0.1, 0.15) is 0 Å². The molecule has 16 heavy (non-hydrogen) atoms. The molecule has 0 rings (SSSR count). The molecule has 0 aliphatic heterocycles. The molecule has 0 aliphatic carbocycles. The van der Waals surface area contributed by atoms with Crippen molar-refractivity contribution in [1.82, 2.24) is 0 Å². The third kappa shape index (κ3) is 304. The van der Waals surface area contributed by atoms with Crippen LogP contribution < -0.4 is 0 Å². The van der Waals surface area contributed by atoms with Gasteiger partial charge in [-0.2, -0.15) is 0 Å². The normalized spacial score (nSPS) is 6.25. The third-order valence-electron chi connectivity index (χ3n) is 0.349. The summed E-state index contributed by atoms with van der Waals surface area (Å²) < 4.78 is 0. The van der Waals surface area contributed by atoms with E-state index in [1.807, 2.05) is 0 Å². The first-order valence-corrected chi connectivity index (χ1v) is 3.51. The highest BCUT2D eigenvalue weighted by molar-refractivity contribution is 5.79. The Kier molecular flexibility index (Phi) is 43.5. The first kappa shape index (κ1) is 23.8. The van der Waals surface area contributed by atoms with Crippen LogP contribution in [0, 0.1) is 0 Å². The fraction of sp³-hybridized carbons (Fsp3) is 0.250. The maximum atomic E-state index is 9.25. The van der Waals surface area contributed by atoms with Gasteiger partial charge in [0.05, 0.1) is 0 Å².